The molecule has 1 aliphatic heterocycles. The monoisotopic (exact) mass is 382 g/mol. The second kappa shape index (κ2) is 7.38. The molecule has 0 unspecified atom stereocenters. The van der Waals surface area contributed by atoms with E-state index in [-0.39, 0.29) is 37.0 Å². The topological polar surface area (TPSA) is 70.8 Å². The summed E-state index contributed by atoms with van der Waals surface area (Å²) in [7, 11) is -3.94. The second-order valence-electron chi connectivity index (χ2n) is 5.65. The Labute approximate surface area is 149 Å². The van der Waals surface area contributed by atoms with E-state index in [9.17, 15) is 22.0 Å². The Bertz CT molecular complexity index is 918. The molecule has 0 bridgehead atoms. The Hall–Kier alpha value is -2.52. The smallest absolute Gasteiger partial charge is 0.246 e. The third kappa shape index (κ3) is 3.83. The number of sulfonamides is 1. The molecular formula is C17H16F2N2O4S. The van der Waals surface area contributed by atoms with Gasteiger partial charge in [0.1, 0.15) is 5.76 Å². The van der Waals surface area contributed by atoms with Crippen molar-refractivity contribution < 1.29 is 26.4 Å². The highest BCUT2D eigenvalue weighted by Crippen LogP contribution is 2.20. The van der Waals surface area contributed by atoms with Gasteiger partial charge < -0.3 is 9.32 Å². The van der Waals surface area contributed by atoms with Crippen LogP contribution in [0.15, 0.2) is 52.0 Å². The average Bonchev–Trinajstić information content (AvgIpc) is 3.15. The van der Waals surface area contributed by atoms with Crippen LogP contribution in [0, 0.1) is 11.6 Å². The van der Waals surface area contributed by atoms with Crippen LogP contribution in [0.4, 0.5) is 8.78 Å². The molecule has 3 rings (SSSR count). The Balaban J connectivity index is 1.64. The van der Waals surface area contributed by atoms with Crippen molar-refractivity contribution in [2.45, 2.75) is 4.90 Å². The first-order valence-electron chi connectivity index (χ1n) is 7.83. The maximum absolute atomic E-state index is 13.3. The van der Waals surface area contributed by atoms with E-state index in [0.29, 0.717) is 11.8 Å². The lowest BCUT2D eigenvalue weighted by Gasteiger charge is -2.33. The first kappa shape index (κ1) is 18.3. The zero-order valence-corrected chi connectivity index (χ0v) is 14.5. The third-order valence-electron chi connectivity index (χ3n) is 4.01. The molecule has 0 aliphatic carbocycles. The zero-order chi connectivity index (χ0) is 18.7. The minimum Gasteiger partial charge on any atom is -0.465 e. The Morgan fingerprint density at radius 3 is 2.42 bits per heavy atom. The summed E-state index contributed by atoms with van der Waals surface area (Å²) in [5.41, 5.74) is 0. The molecule has 0 atom stereocenters. The number of carbonyl (C=O) groups excluding carboxylic acids is 1. The summed E-state index contributed by atoms with van der Waals surface area (Å²) in [5, 5.41) is 0. The number of amides is 1. The largest absolute Gasteiger partial charge is 0.465 e. The van der Waals surface area contributed by atoms with E-state index in [1.165, 1.54) is 23.3 Å². The molecule has 1 saturated heterocycles. The van der Waals surface area contributed by atoms with Crippen LogP contribution < -0.4 is 0 Å². The summed E-state index contributed by atoms with van der Waals surface area (Å²) < 4.78 is 57.6. The number of nitrogens with zero attached hydrogens (tertiary/aromatic N) is 2. The van der Waals surface area contributed by atoms with Crippen molar-refractivity contribution in [2.75, 3.05) is 26.2 Å². The number of hydrogen-bond acceptors (Lipinski definition) is 4. The number of hydrogen-bond donors (Lipinski definition) is 0. The lowest BCUT2D eigenvalue weighted by Crippen LogP contribution is -2.50. The number of piperazine rings is 1. The molecule has 0 radical (unpaired) electrons. The van der Waals surface area contributed by atoms with Crippen molar-refractivity contribution in [1.29, 1.82) is 0 Å². The minimum absolute atomic E-state index is 0.0711. The van der Waals surface area contributed by atoms with Crippen LogP contribution in [0.3, 0.4) is 0 Å². The highest BCUT2D eigenvalue weighted by Gasteiger charge is 2.30. The van der Waals surface area contributed by atoms with Gasteiger partial charge in [-0.3, -0.25) is 4.79 Å². The fraction of sp³-hybridized carbons (Fsp3) is 0.235. The molecule has 1 fully saturated rings. The van der Waals surface area contributed by atoms with Gasteiger partial charge in [0.05, 0.1) is 11.2 Å². The van der Waals surface area contributed by atoms with Crippen LogP contribution in [0.25, 0.3) is 6.08 Å². The van der Waals surface area contributed by atoms with Crippen molar-refractivity contribution >= 4 is 22.0 Å². The molecule has 1 aliphatic rings. The lowest BCUT2D eigenvalue weighted by molar-refractivity contribution is -0.127. The molecule has 1 aromatic carbocycles. The highest BCUT2D eigenvalue weighted by atomic mass is 32.2. The molecule has 1 amide bonds. The summed E-state index contributed by atoms with van der Waals surface area (Å²) in [4.78, 5) is 13.3. The van der Waals surface area contributed by atoms with Crippen LogP contribution in [-0.2, 0) is 14.8 Å². The predicted molar refractivity (Wildman–Crippen MR) is 89.4 cm³/mol. The number of halogens is 2. The van der Waals surface area contributed by atoms with E-state index in [4.69, 9.17) is 4.42 Å². The maximum atomic E-state index is 13.3. The SMILES string of the molecule is O=C(/C=C/c1ccco1)N1CCN(S(=O)(=O)c2ccc(F)c(F)c2)CC1. The first-order valence-corrected chi connectivity index (χ1v) is 9.27. The number of rotatable bonds is 4. The molecule has 1 aromatic heterocycles. The van der Waals surface area contributed by atoms with E-state index in [2.05, 4.69) is 0 Å². The van der Waals surface area contributed by atoms with Crippen LogP contribution in [0.5, 0.6) is 0 Å². The Morgan fingerprint density at radius 1 is 1.08 bits per heavy atom. The van der Waals surface area contributed by atoms with Gasteiger partial charge in [-0.1, -0.05) is 0 Å². The summed E-state index contributed by atoms with van der Waals surface area (Å²) >= 11 is 0. The van der Waals surface area contributed by atoms with E-state index < -0.39 is 21.7 Å². The zero-order valence-electron chi connectivity index (χ0n) is 13.6. The van der Waals surface area contributed by atoms with E-state index in [0.717, 1.165) is 16.4 Å². The lowest BCUT2D eigenvalue weighted by atomic mass is 10.3. The van der Waals surface area contributed by atoms with E-state index in [1.54, 1.807) is 12.1 Å². The molecule has 9 heteroatoms. The normalized spacial score (nSPS) is 16.3. The van der Waals surface area contributed by atoms with Crippen molar-refractivity contribution in [1.82, 2.24) is 9.21 Å². The maximum Gasteiger partial charge on any atom is 0.246 e. The fourth-order valence-electron chi connectivity index (χ4n) is 2.58. The number of furan rings is 1. The van der Waals surface area contributed by atoms with Crippen molar-refractivity contribution in [2.24, 2.45) is 0 Å². The van der Waals surface area contributed by atoms with Crippen LogP contribution in [0.1, 0.15) is 5.76 Å². The Kier molecular flexibility index (Phi) is 5.19. The molecule has 0 N–H and O–H groups in total. The summed E-state index contributed by atoms with van der Waals surface area (Å²) in [5.74, 6) is -2.05. The standard InChI is InChI=1S/C17H16F2N2O4S/c18-15-5-4-14(12-16(15)19)26(23,24)21-9-7-20(8-10-21)17(22)6-3-13-2-1-11-25-13/h1-6,11-12H,7-10H2/b6-3+. The van der Waals surface area contributed by atoms with Gasteiger partial charge >= 0.3 is 0 Å². The van der Waals surface area contributed by atoms with Gasteiger partial charge in [0.2, 0.25) is 15.9 Å². The van der Waals surface area contributed by atoms with Gasteiger partial charge in [-0.15, -0.1) is 0 Å². The van der Waals surface area contributed by atoms with Crippen LogP contribution in [0.2, 0.25) is 0 Å². The third-order valence-corrected chi connectivity index (χ3v) is 5.91. The molecule has 0 spiro atoms. The molecular weight excluding hydrogens is 366 g/mol. The molecule has 2 aromatic rings. The first-order chi connectivity index (χ1) is 12.4. The molecule has 6 nitrogen and oxygen atoms in total. The number of carbonyl (C=O) groups is 1. The van der Waals surface area contributed by atoms with Crippen molar-refractivity contribution in [3.8, 4) is 0 Å². The van der Waals surface area contributed by atoms with Gasteiger partial charge in [0.15, 0.2) is 11.6 Å². The predicted octanol–water partition coefficient (Wildman–Crippen LogP) is 2.10. The van der Waals surface area contributed by atoms with Crippen LogP contribution in [-0.4, -0.2) is 49.7 Å². The summed E-state index contributed by atoms with van der Waals surface area (Å²) in [6, 6.07) is 5.87. The van der Waals surface area contributed by atoms with Gasteiger partial charge in [-0.05, 0) is 36.4 Å². The molecule has 138 valence electrons. The van der Waals surface area contributed by atoms with Gasteiger partial charge in [-0.2, -0.15) is 4.31 Å². The molecule has 26 heavy (non-hydrogen) atoms. The van der Waals surface area contributed by atoms with Gasteiger partial charge in [0, 0.05) is 32.3 Å². The van der Waals surface area contributed by atoms with Crippen LogP contribution >= 0.6 is 0 Å². The highest BCUT2D eigenvalue weighted by molar-refractivity contribution is 7.89. The molecule has 2 heterocycles. The van der Waals surface area contributed by atoms with E-state index >= 15 is 0 Å². The minimum atomic E-state index is -3.94. The average molecular weight is 382 g/mol. The van der Waals surface area contributed by atoms with Gasteiger partial charge in [-0.25, -0.2) is 17.2 Å². The summed E-state index contributed by atoms with van der Waals surface area (Å²) in [6.07, 6.45) is 4.39. The number of benzene rings is 1. The molecule has 0 saturated carbocycles. The Morgan fingerprint density at radius 2 is 1.81 bits per heavy atom. The summed E-state index contributed by atoms with van der Waals surface area (Å²) in [6.45, 7) is 0.539. The van der Waals surface area contributed by atoms with Gasteiger partial charge in [0.25, 0.3) is 0 Å². The van der Waals surface area contributed by atoms with Crippen molar-refractivity contribution in [3.63, 3.8) is 0 Å². The fourth-order valence-corrected chi connectivity index (χ4v) is 4.01. The van der Waals surface area contributed by atoms with Crippen molar-refractivity contribution in [3.05, 3.63) is 60.1 Å². The quantitative estimate of drug-likeness (QED) is 0.760. The second-order valence-corrected chi connectivity index (χ2v) is 7.59. The van der Waals surface area contributed by atoms with E-state index in [1.807, 2.05) is 0 Å².